The van der Waals surface area contributed by atoms with Crippen LogP contribution < -0.4 is 4.74 Å². The number of hydrogen-bond acceptors (Lipinski definition) is 6. The molecular weight excluding hydrogens is 402 g/mol. The van der Waals surface area contributed by atoms with E-state index in [1.165, 1.54) is 16.1 Å². The van der Waals surface area contributed by atoms with E-state index in [4.69, 9.17) is 4.74 Å². The molecule has 3 aliphatic heterocycles. The lowest BCUT2D eigenvalue weighted by Gasteiger charge is -2.36. The second-order valence-electron chi connectivity index (χ2n) is 9.56. The quantitative estimate of drug-likeness (QED) is 0.761. The van der Waals surface area contributed by atoms with Gasteiger partial charge >= 0.3 is 0 Å². The number of ether oxygens (including phenoxy) is 1. The molecule has 8 heteroatoms. The second kappa shape index (κ2) is 8.22. The van der Waals surface area contributed by atoms with E-state index >= 15 is 0 Å². The molecule has 1 N–H and O–H groups in total. The minimum atomic E-state index is -3.14. The molecule has 3 aliphatic rings. The second-order valence-corrected chi connectivity index (χ2v) is 11.5. The average Bonchev–Trinajstić information content (AvgIpc) is 3.10. The molecule has 0 radical (unpaired) electrons. The van der Waals surface area contributed by atoms with Gasteiger partial charge in [0.1, 0.15) is 11.9 Å². The van der Waals surface area contributed by atoms with Gasteiger partial charge in [-0.25, -0.2) is 8.42 Å². The molecule has 0 aliphatic carbocycles. The van der Waals surface area contributed by atoms with Crippen LogP contribution >= 0.6 is 0 Å². The van der Waals surface area contributed by atoms with Gasteiger partial charge in [0, 0.05) is 31.6 Å². The first kappa shape index (κ1) is 21.7. The minimum absolute atomic E-state index is 0.197. The number of sulfonamides is 1. The van der Waals surface area contributed by atoms with E-state index in [0.717, 1.165) is 49.4 Å². The van der Waals surface area contributed by atoms with Crippen LogP contribution in [0.3, 0.4) is 0 Å². The summed E-state index contributed by atoms with van der Waals surface area (Å²) in [7, 11) is -3.14. The van der Waals surface area contributed by atoms with Crippen molar-refractivity contribution in [2.45, 2.75) is 51.2 Å². The van der Waals surface area contributed by atoms with E-state index in [0.29, 0.717) is 32.0 Å². The fourth-order valence-corrected chi connectivity index (χ4v) is 5.59. The molecule has 166 valence electrons. The summed E-state index contributed by atoms with van der Waals surface area (Å²) in [6, 6.07) is 2.13. The van der Waals surface area contributed by atoms with Crippen LogP contribution in [0.1, 0.15) is 44.4 Å². The Balaban J connectivity index is 1.36. The Morgan fingerprint density at radius 1 is 1.27 bits per heavy atom. The monoisotopic (exact) mass is 435 g/mol. The molecule has 0 saturated carbocycles. The minimum Gasteiger partial charge on any atom is -0.488 e. The van der Waals surface area contributed by atoms with E-state index < -0.39 is 15.6 Å². The van der Waals surface area contributed by atoms with Gasteiger partial charge in [0.2, 0.25) is 10.0 Å². The first-order valence-electron chi connectivity index (χ1n) is 10.8. The van der Waals surface area contributed by atoms with Crippen LogP contribution in [0, 0.1) is 5.92 Å². The molecule has 1 saturated heterocycles. The molecule has 4 rings (SSSR count). The Morgan fingerprint density at radius 2 is 2.00 bits per heavy atom. The Bertz CT molecular complexity index is 915. The largest absolute Gasteiger partial charge is 0.488 e. The molecular formula is C22H33N3O4S. The van der Waals surface area contributed by atoms with Crippen LogP contribution in [-0.2, 0) is 16.4 Å². The maximum absolute atomic E-state index is 11.7. The van der Waals surface area contributed by atoms with Crippen molar-refractivity contribution < 1.29 is 18.3 Å². The highest BCUT2D eigenvalue weighted by Crippen LogP contribution is 2.36. The van der Waals surface area contributed by atoms with Crippen LogP contribution in [0.25, 0.3) is 5.57 Å². The third kappa shape index (κ3) is 5.04. The van der Waals surface area contributed by atoms with Crippen LogP contribution in [0.2, 0.25) is 0 Å². The van der Waals surface area contributed by atoms with Crippen molar-refractivity contribution in [3.63, 3.8) is 0 Å². The molecule has 0 bridgehead atoms. The molecule has 0 spiro atoms. The molecule has 0 aromatic carbocycles. The van der Waals surface area contributed by atoms with Crippen molar-refractivity contribution in [1.82, 2.24) is 14.2 Å². The van der Waals surface area contributed by atoms with E-state index in [-0.39, 0.29) is 6.10 Å². The molecule has 4 heterocycles. The van der Waals surface area contributed by atoms with E-state index in [1.54, 1.807) is 0 Å². The maximum atomic E-state index is 11.7. The number of nitrogens with zero attached hydrogens (tertiary/aromatic N) is 3. The van der Waals surface area contributed by atoms with Crippen molar-refractivity contribution in [3.8, 4) is 5.75 Å². The maximum Gasteiger partial charge on any atom is 0.211 e. The molecule has 1 fully saturated rings. The number of likely N-dealkylation sites (tertiary alicyclic amines) is 1. The first-order chi connectivity index (χ1) is 14.1. The number of rotatable bonds is 5. The summed E-state index contributed by atoms with van der Waals surface area (Å²) < 4.78 is 31.2. The lowest BCUT2D eigenvalue weighted by atomic mass is 9.88. The van der Waals surface area contributed by atoms with Gasteiger partial charge in [0.05, 0.1) is 23.7 Å². The predicted octanol–water partition coefficient (Wildman–Crippen LogP) is 1.92. The number of fused-ring (bicyclic) bond motifs is 1. The van der Waals surface area contributed by atoms with Crippen molar-refractivity contribution in [2.75, 3.05) is 39.0 Å². The van der Waals surface area contributed by atoms with Gasteiger partial charge in [-0.2, -0.15) is 4.31 Å². The Hall–Kier alpha value is -1.48. The number of aromatic nitrogens is 1. The van der Waals surface area contributed by atoms with Crippen molar-refractivity contribution >= 4 is 15.6 Å². The summed E-state index contributed by atoms with van der Waals surface area (Å²) in [5.74, 6) is 1.41. The molecule has 1 aromatic rings. The number of hydrogen-bond donors (Lipinski definition) is 1. The predicted molar refractivity (Wildman–Crippen MR) is 117 cm³/mol. The van der Waals surface area contributed by atoms with Crippen molar-refractivity contribution in [2.24, 2.45) is 5.92 Å². The van der Waals surface area contributed by atoms with Crippen LogP contribution in [0.15, 0.2) is 18.3 Å². The van der Waals surface area contributed by atoms with E-state index in [2.05, 4.69) is 16.0 Å². The highest BCUT2D eigenvalue weighted by atomic mass is 32.2. The van der Waals surface area contributed by atoms with Gasteiger partial charge in [-0.15, -0.1) is 0 Å². The van der Waals surface area contributed by atoms with Gasteiger partial charge in [-0.3, -0.25) is 4.98 Å². The standard InChI is InChI=1S/C22H33N3O4S/c1-22(2,26)15-24-8-4-17(5-9-24)20-13-18-12-19(23-14-21(18)29-20)16-6-10-25(11-7-16)30(3,27)28/h6,12,14,17,20,26H,4-5,7-11,13,15H2,1-3H3/t20-/m1/s1. The van der Waals surface area contributed by atoms with Crippen LogP contribution in [0.4, 0.5) is 0 Å². The molecule has 0 amide bonds. The van der Waals surface area contributed by atoms with Crippen molar-refractivity contribution in [1.29, 1.82) is 0 Å². The molecule has 1 atom stereocenters. The number of aliphatic hydroxyl groups is 1. The van der Waals surface area contributed by atoms with Gasteiger partial charge < -0.3 is 14.7 Å². The summed E-state index contributed by atoms with van der Waals surface area (Å²) in [5.41, 5.74) is 2.60. The lowest BCUT2D eigenvalue weighted by Crippen LogP contribution is -2.45. The zero-order chi connectivity index (χ0) is 21.5. The topological polar surface area (TPSA) is 83.0 Å². The number of β-amino-alcohol motifs (C(OH)–C–C–N with tert-alkyl or cyclic N) is 1. The molecule has 0 unspecified atom stereocenters. The number of piperidine rings is 1. The highest BCUT2D eigenvalue weighted by molar-refractivity contribution is 7.88. The fraction of sp³-hybridized carbons (Fsp3) is 0.682. The Morgan fingerprint density at radius 3 is 2.60 bits per heavy atom. The van der Waals surface area contributed by atoms with Crippen molar-refractivity contribution in [3.05, 3.63) is 29.6 Å². The Labute approximate surface area is 179 Å². The summed E-state index contributed by atoms with van der Waals surface area (Å²) >= 11 is 0. The smallest absolute Gasteiger partial charge is 0.211 e. The third-order valence-corrected chi connectivity index (χ3v) is 7.66. The zero-order valence-corrected chi connectivity index (χ0v) is 19.0. The SMILES string of the molecule is CC(C)(O)CN1CCC([C@H]2Cc3cc(C4=CCN(S(C)(=O)=O)CC4)ncc3O2)CC1. The number of pyridine rings is 1. The fourth-order valence-electron chi connectivity index (χ4n) is 4.82. The van der Waals surface area contributed by atoms with Crippen LogP contribution in [0.5, 0.6) is 5.75 Å². The Kier molecular flexibility index (Phi) is 5.96. The molecule has 1 aromatic heterocycles. The van der Waals surface area contributed by atoms with E-state index in [1.807, 2.05) is 26.1 Å². The first-order valence-corrected chi connectivity index (χ1v) is 12.7. The van der Waals surface area contributed by atoms with Gasteiger partial charge in [-0.05, 0) is 63.8 Å². The van der Waals surface area contributed by atoms with Gasteiger partial charge in [-0.1, -0.05) is 6.08 Å². The normalized spacial score (nSPS) is 24.4. The highest BCUT2D eigenvalue weighted by Gasteiger charge is 2.34. The summed E-state index contributed by atoms with van der Waals surface area (Å²) in [6.45, 7) is 7.35. The summed E-state index contributed by atoms with van der Waals surface area (Å²) in [5, 5.41) is 10.0. The summed E-state index contributed by atoms with van der Waals surface area (Å²) in [4.78, 5) is 6.94. The lowest BCUT2D eigenvalue weighted by molar-refractivity contribution is 0.0143. The van der Waals surface area contributed by atoms with Gasteiger partial charge in [0.15, 0.2) is 0 Å². The van der Waals surface area contributed by atoms with E-state index in [9.17, 15) is 13.5 Å². The van der Waals surface area contributed by atoms with Gasteiger partial charge in [0.25, 0.3) is 0 Å². The third-order valence-electron chi connectivity index (χ3n) is 6.39. The van der Waals surface area contributed by atoms with Crippen LogP contribution in [-0.4, -0.2) is 78.4 Å². The molecule has 30 heavy (non-hydrogen) atoms. The zero-order valence-electron chi connectivity index (χ0n) is 18.2. The average molecular weight is 436 g/mol. The molecule has 7 nitrogen and oxygen atoms in total. The summed E-state index contributed by atoms with van der Waals surface area (Å²) in [6.07, 6.45) is 9.02.